The molecular formula is C16H28N2O. The predicted molar refractivity (Wildman–Crippen MR) is 76.9 cm³/mol. The van der Waals surface area contributed by atoms with Crippen LogP contribution in [0.4, 0.5) is 0 Å². The first-order valence-corrected chi connectivity index (χ1v) is 8.32. The minimum absolute atomic E-state index is 0.437. The molecule has 0 bridgehead atoms. The van der Waals surface area contributed by atoms with Gasteiger partial charge in [0.1, 0.15) is 0 Å². The molecule has 3 aliphatic rings. The van der Waals surface area contributed by atoms with Crippen molar-refractivity contribution in [2.24, 2.45) is 11.8 Å². The lowest BCUT2D eigenvalue weighted by Gasteiger charge is -2.27. The third-order valence-corrected chi connectivity index (χ3v) is 5.07. The van der Waals surface area contributed by atoms with Crippen molar-refractivity contribution in [1.82, 2.24) is 10.2 Å². The minimum Gasteiger partial charge on any atom is -0.341 e. The maximum absolute atomic E-state index is 12.5. The Morgan fingerprint density at radius 1 is 0.947 bits per heavy atom. The lowest BCUT2D eigenvalue weighted by Crippen LogP contribution is -2.42. The van der Waals surface area contributed by atoms with Crippen LogP contribution in [0.5, 0.6) is 0 Å². The number of hydrogen-bond donors (Lipinski definition) is 1. The van der Waals surface area contributed by atoms with Crippen LogP contribution in [0.1, 0.15) is 57.8 Å². The van der Waals surface area contributed by atoms with E-state index in [9.17, 15) is 4.79 Å². The average Bonchev–Trinajstić information content (AvgIpc) is 2.88. The molecule has 1 saturated heterocycles. The Morgan fingerprint density at radius 3 is 2.37 bits per heavy atom. The maximum Gasteiger partial charge on any atom is 0.222 e. The standard InChI is InChI=1S/C16H28N2O/c19-16(10-13-4-1-2-5-13)18(11-14-7-8-14)12-15-6-3-9-17-15/h13-15,17H,1-12H2. The van der Waals surface area contributed by atoms with E-state index in [4.69, 9.17) is 0 Å². The monoisotopic (exact) mass is 264 g/mol. The molecule has 1 heterocycles. The average molecular weight is 264 g/mol. The van der Waals surface area contributed by atoms with Gasteiger partial charge < -0.3 is 10.2 Å². The third kappa shape index (κ3) is 3.95. The molecule has 0 spiro atoms. The van der Waals surface area contributed by atoms with E-state index in [0.29, 0.717) is 17.9 Å². The molecule has 0 aromatic heterocycles. The van der Waals surface area contributed by atoms with E-state index in [1.807, 2.05) is 0 Å². The molecule has 2 aliphatic carbocycles. The van der Waals surface area contributed by atoms with Crippen LogP contribution in [0.25, 0.3) is 0 Å². The van der Waals surface area contributed by atoms with E-state index in [0.717, 1.165) is 32.0 Å². The zero-order chi connectivity index (χ0) is 13.1. The highest BCUT2D eigenvalue weighted by molar-refractivity contribution is 5.76. The number of nitrogens with one attached hydrogen (secondary N) is 1. The van der Waals surface area contributed by atoms with Crippen molar-refractivity contribution in [1.29, 1.82) is 0 Å². The fraction of sp³-hybridized carbons (Fsp3) is 0.938. The highest BCUT2D eigenvalue weighted by atomic mass is 16.2. The van der Waals surface area contributed by atoms with Gasteiger partial charge in [-0.25, -0.2) is 0 Å². The van der Waals surface area contributed by atoms with E-state index in [-0.39, 0.29) is 0 Å². The molecule has 108 valence electrons. The molecule has 0 aromatic carbocycles. The van der Waals surface area contributed by atoms with Gasteiger partial charge in [0.25, 0.3) is 0 Å². The maximum atomic E-state index is 12.5. The van der Waals surface area contributed by atoms with Crippen LogP contribution in [-0.2, 0) is 4.79 Å². The topological polar surface area (TPSA) is 32.3 Å². The first-order chi connectivity index (χ1) is 9.31. The molecule has 0 aromatic rings. The summed E-state index contributed by atoms with van der Waals surface area (Å²) >= 11 is 0. The van der Waals surface area contributed by atoms with Gasteiger partial charge in [-0.15, -0.1) is 0 Å². The Morgan fingerprint density at radius 2 is 1.74 bits per heavy atom. The zero-order valence-corrected chi connectivity index (χ0v) is 12.1. The second-order valence-electron chi connectivity index (χ2n) is 6.89. The number of rotatable bonds is 6. The van der Waals surface area contributed by atoms with Crippen LogP contribution in [-0.4, -0.2) is 36.5 Å². The molecule has 1 N–H and O–H groups in total. The Balaban J connectivity index is 1.51. The fourth-order valence-electron chi connectivity index (χ4n) is 3.66. The second kappa shape index (κ2) is 6.25. The second-order valence-corrected chi connectivity index (χ2v) is 6.89. The number of carbonyl (C=O) groups is 1. The van der Waals surface area contributed by atoms with E-state index in [1.165, 1.54) is 51.4 Å². The third-order valence-electron chi connectivity index (χ3n) is 5.07. The molecule has 3 rings (SSSR count). The SMILES string of the molecule is O=C(CC1CCCC1)N(CC1CC1)CC1CCCN1. The van der Waals surface area contributed by atoms with Crippen molar-refractivity contribution < 1.29 is 4.79 Å². The zero-order valence-electron chi connectivity index (χ0n) is 12.1. The number of carbonyl (C=O) groups excluding carboxylic acids is 1. The summed E-state index contributed by atoms with van der Waals surface area (Å²) in [6.45, 7) is 3.13. The predicted octanol–water partition coefficient (Wildman–Crippen LogP) is 2.56. The lowest BCUT2D eigenvalue weighted by molar-refractivity contribution is -0.132. The van der Waals surface area contributed by atoms with Gasteiger partial charge >= 0.3 is 0 Å². The van der Waals surface area contributed by atoms with Crippen molar-refractivity contribution in [3.05, 3.63) is 0 Å². The van der Waals surface area contributed by atoms with Gasteiger partial charge in [-0.2, -0.15) is 0 Å². The first-order valence-electron chi connectivity index (χ1n) is 8.32. The molecule has 3 fully saturated rings. The molecule has 3 heteroatoms. The minimum atomic E-state index is 0.437. The number of amides is 1. The Hall–Kier alpha value is -0.570. The fourth-order valence-corrected chi connectivity index (χ4v) is 3.66. The summed E-state index contributed by atoms with van der Waals surface area (Å²) in [5, 5.41) is 3.54. The smallest absolute Gasteiger partial charge is 0.222 e. The number of hydrogen-bond acceptors (Lipinski definition) is 2. The van der Waals surface area contributed by atoms with E-state index in [1.54, 1.807) is 0 Å². The van der Waals surface area contributed by atoms with Crippen molar-refractivity contribution in [3.8, 4) is 0 Å². The van der Waals surface area contributed by atoms with Gasteiger partial charge in [0.15, 0.2) is 0 Å². The molecule has 0 radical (unpaired) electrons. The molecule has 19 heavy (non-hydrogen) atoms. The van der Waals surface area contributed by atoms with Crippen LogP contribution < -0.4 is 5.32 Å². The summed E-state index contributed by atoms with van der Waals surface area (Å²) in [6.07, 6.45) is 11.3. The van der Waals surface area contributed by atoms with Gasteiger partial charge in [0.05, 0.1) is 0 Å². The molecule has 2 saturated carbocycles. The van der Waals surface area contributed by atoms with E-state index < -0.39 is 0 Å². The summed E-state index contributed by atoms with van der Waals surface area (Å²) in [4.78, 5) is 14.7. The highest BCUT2D eigenvalue weighted by Gasteiger charge is 2.30. The van der Waals surface area contributed by atoms with Crippen LogP contribution in [0.15, 0.2) is 0 Å². The van der Waals surface area contributed by atoms with E-state index >= 15 is 0 Å². The summed E-state index contributed by atoms with van der Waals surface area (Å²) in [7, 11) is 0. The summed E-state index contributed by atoms with van der Waals surface area (Å²) < 4.78 is 0. The van der Waals surface area contributed by atoms with Gasteiger partial charge in [0, 0.05) is 25.6 Å². The van der Waals surface area contributed by atoms with Crippen molar-refractivity contribution in [3.63, 3.8) is 0 Å². The normalized spacial score (nSPS) is 27.9. The van der Waals surface area contributed by atoms with Crippen LogP contribution in [0.2, 0.25) is 0 Å². The lowest BCUT2D eigenvalue weighted by atomic mass is 10.0. The van der Waals surface area contributed by atoms with Crippen LogP contribution in [0, 0.1) is 11.8 Å². The molecule has 1 amide bonds. The Kier molecular flexibility index (Phi) is 4.42. The van der Waals surface area contributed by atoms with Crippen molar-refractivity contribution in [2.45, 2.75) is 63.8 Å². The molecular weight excluding hydrogens is 236 g/mol. The Bertz CT molecular complexity index is 302. The Labute approximate surface area is 117 Å². The first kappa shape index (κ1) is 13.4. The van der Waals surface area contributed by atoms with Crippen molar-refractivity contribution >= 4 is 5.91 Å². The van der Waals surface area contributed by atoms with Crippen LogP contribution in [0.3, 0.4) is 0 Å². The summed E-state index contributed by atoms with van der Waals surface area (Å²) in [5.74, 6) is 1.94. The van der Waals surface area contributed by atoms with E-state index in [2.05, 4.69) is 10.2 Å². The van der Waals surface area contributed by atoms with Gasteiger partial charge in [0.2, 0.25) is 5.91 Å². The number of nitrogens with zero attached hydrogens (tertiary/aromatic N) is 1. The summed E-state index contributed by atoms with van der Waals surface area (Å²) in [6, 6.07) is 0.561. The van der Waals surface area contributed by atoms with Gasteiger partial charge in [-0.05, 0) is 56.9 Å². The van der Waals surface area contributed by atoms with Gasteiger partial charge in [-0.1, -0.05) is 12.8 Å². The van der Waals surface area contributed by atoms with Crippen molar-refractivity contribution in [2.75, 3.05) is 19.6 Å². The quantitative estimate of drug-likeness (QED) is 0.799. The highest BCUT2D eigenvalue weighted by Crippen LogP contribution is 2.32. The van der Waals surface area contributed by atoms with Gasteiger partial charge in [-0.3, -0.25) is 4.79 Å². The van der Waals surface area contributed by atoms with Crippen LogP contribution >= 0.6 is 0 Å². The summed E-state index contributed by atoms with van der Waals surface area (Å²) in [5.41, 5.74) is 0. The molecule has 3 nitrogen and oxygen atoms in total. The molecule has 1 unspecified atom stereocenters. The molecule has 1 atom stereocenters. The largest absolute Gasteiger partial charge is 0.341 e. The molecule has 1 aliphatic heterocycles.